The van der Waals surface area contributed by atoms with Gasteiger partial charge in [0.1, 0.15) is 11.6 Å². The zero-order chi connectivity index (χ0) is 21.2. The third-order valence-corrected chi connectivity index (χ3v) is 4.67. The number of nitrogens with zero attached hydrogens (tertiary/aromatic N) is 2. The predicted molar refractivity (Wildman–Crippen MR) is 103 cm³/mol. The van der Waals surface area contributed by atoms with Gasteiger partial charge in [-0.2, -0.15) is 18.2 Å². The van der Waals surface area contributed by atoms with Crippen molar-refractivity contribution in [1.29, 1.82) is 0 Å². The van der Waals surface area contributed by atoms with E-state index in [1.165, 1.54) is 37.1 Å². The molecule has 9 heteroatoms. The molecule has 0 N–H and O–H groups in total. The van der Waals surface area contributed by atoms with Gasteiger partial charge in [-0.3, -0.25) is 4.79 Å². The average Bonchev–Trinajstić information content (AvgIpc) is 2.68. The molecule has 1 aromatic heterocycles. The quantitative estimate of drug-likeness (QED) is 0.598. The summed E-state index contributed by atoms with van der Waals surface area (Å²) in [5, 5.41) is -0.536. The summed E-state index contributed by atoms with van der Waals surface area (Å²) in [6.45, 7) is 0.162. The van der Waals surface area contributed by atoms with Crippen LogP contribution in [0.2, 0.25) is 5.02 Å². The Morgan fingerprint density at radius 1 is 1.03 bits per heavy atom. The number of halogens is 4. The molecule has 1 heterocycles. The molecule has 29 heavy (non-hydrogen) atoms. The van der Waals surface area contributed by atoms with Gasteiger partial charge in [-0.1, -0.05) is 35.9 Å². The molecule has 0 radical (unpaired) electrons. The Labute approximate surface area is 169 Å². The highest BCUT2D eigenvalue weighted by atomic mass is 35.5. The third kappa shape index (κ3) is 4.22. The van der Waals surface area contributed by atoms with Crippen molar-refractivity contribution in [3.63, 3.8) is 0 Å². The second-order valence-corrected chi connectivity index (χ2v) is 6.42. The SMILES string of the molecule is COc1ccccc1Cn1cc(OC)c(=O)nc1-c1cccc(C(F)(F)F)c1Cl. The van der Waals surface area contributed by atoms with Crippen LogP contribution in [0.1, 0.15) is 11.1 Å². The van der Waals surface area contributed by atoms with Crippen molar-refractivity contribution in [3.05, 3.63) is 75.2 Å². The summed E-state index contributed by atoms with van der Waals surface area (Å²) in [5.74, 6) is 0.510. The number of methoxy groups -OCH3 is 2. The standard InChI is InChI=1S/C20H16ClF3N2O3/c1-28-15-9-4-3-6-12(15)10-26-11-16(29-2)19(27)25-18(26)13-7-5-8-14(17(13)21)20(22,23)24/h3-9,11H,10H2,1-2H3. The molecule has 0 atom stereocenters. The first kappa shape index (κ1) is 20.7. The molecule has 0 saturated carbocycles. The van der Waals surface area contributed by atoms with Crippen LogP contribution in [0.3, 0.4) is 0 Å². The number of alkyl halides is 3. The molecule has 0 fully saturated rings. The smallest absolute Gasteiger partial charge is 0.417 e. The summed E-state index contributed by atoms with van der Waals surface area (Å²) in [7, 11) is 2.82. The molecular weight excluding hydrogens is 409 g/mol. The van der Waals surface area contributed by atoms with Crippen LogP contribution in [-0.4, -0.2) is 23.8 Å². The molecule has 3 rings (SSSR count). The Balaban J connectivity index is 2.22. The van der Waals surface area contributed by atoms with Crippen LogP contribution >= 0.6 is 11.6 Å². The van der Waals surface area contributed by atoms with E-state index in [0.717, 1.165) is 11.6 Å². The lowest BCUT2D eigenvalue weighted by atomic mass is 10.1. The van der Waals surface area contributed by atoms with Crippen LogP contribution in [0.4, 0.5) is 13.2 Å². The molecule has 0 saturated heterocycles. The fourth-order valence-electron chi connectivity index (χ4n) is 2.89. The highest BCUT2D eigenvalue weighted by Crippen LogP contribution is 2.39. The predicted octanol–water partition coefficient (Wildman–Crippen LogP) is 4.65. The van der Waals surface area contributed by atoms with Crippen molar-refractivity contribution in [2.24, 2.45) is 0 Å². The molecule has 0 aliphatic heterocycles. The molecule has 5 nitrogen and oxygen atoms in total. The lowest BCUT2D eigenvalue weighted by molar-refractivity contribution is -0.137. The van der Waals surface area contributed by atoms with Gasteiger partial charge in [0.2, 0.25) is 5.75 Å². The number of benzene rings is 2. The van der Waals surface area contributed by atoms with E-state index in [1.54, 1.807) is 24.3 Å². The van der Waals surface area contributed by atoms with Gasteiger partial charge in [-0.05, 0) is 18.2 Å². The minimum absolute atomic E-state index is 0.0159. The van der Waals surface area contributed by atoms with Gasteiger partial charge in [0.15, 0.2) is 0 Å². The van der Waals surface area contributed by atoms with Crippen LogP contribution in [-0.2, 0) is 12.7 Å². The van der Waals surface area contributed by atoms with Gasteiger partial charge in [0.25, 0.3) is 0 Å². The van der Waals surface area contributed by atoms with Crippen molar-refractivity contribution in [2.75, 3.05) is 14.2 Å². The van der Waals surface area contributed by atoms with Crippen LogP contribution in [0, 0.1) is 0 Å². The Hall–Kier alpha value is -3.00. The van der Waals surface area contributed by atoms with Crippen LogP contribution in [0.25, 0.3) is 11.4 Å². The first-order valence-corrected chi connectivity index (χ1v) is 8.77. The Morgan fingerprint density at radius 3 is 2.38 bits per heavy atom. The summed E-state index contributed by atoms with van der Waals surface area (Å²) in [4.78, 5) is 16.2. The number of hydrogen-bond donors (Lipinski definition) is 0. The fourth-order valence-corrected chi connectivity index (χ4v) is 3.21. The number of hydrogen-bond acceptors (Lipinski definition) is 4. The summed E-state index contributed by atoms with van der Waals surface area (Å²) >= 11 is 6.06. The van der Waals surface area contributed by atoms with E-state index in [1.807, 2.05) is 0 Å². The molecule has 0 aliphatic carbocycles. The lowest BCUT2D eigenvalue weighted by Gasteiger charge is -2.18. The van der Waals surface area contributed by atoms with Crippen molar-refractivity contribution in [3.8, 4) is 22.9 Å². The first-order chi connectivity index (χ1) is 13.8. The van der Waals surface area contributed by atoms with Gasteiger partial charge in [0.05, 0.1) is 37.5 Å². The van der Waals surface area contributed by atoms with Crippen molar-refractivity contribution in [1.82, 2.24) is 9.55 Å². The number of aromatic nitrogens is 2. The van der Waals surface area contributed by atoms with Crippen molar-refractivity contribution in [2.45, 2.75) is 12.7 Å². The zero-order valence-electron chi connectivity index (χ0n) is 15.5. The molecule has 3 aromatic rings. The molecule has 0 unspecified atom stereocenters. The highest BCUT2D eigenvalue weighted by Gasteiger charge is 2.34. The number of rotatable bonds is 5. The van der Waals surface area contributed by atoms with Crippen molar-refractivity contribution < 1.29 is 22.6 Å². The number of para-hydroxylation sites is 1. The third-order valence-electron chi connectivity index (χ3n) is 4.26. The molecule has 0 amide bonds. The van der Waals surface area contributed by atoms with Gasteiger partial charge in [0, 0.05) is 11.1 Å². The molecule has 2 aromatic carbocycles. The molecule has 0 spiro atoms. The van der Waals surface area contributed by atoms with E-state index < -0.39 is 22.3 Å². The largest absolute Gasteiger partial charge is 0.496 e. The minimum Gasteiger partial charge on any atom is -0.496 e. The Kier molecular flexibility index (Phi) is 5.83. The molecule has 0 aliphatic rings. The van der Waals surface area contributed by atoms with Gasteiger partial charge in [-0.15, -0.1) is 0 Å². The molecular formula is C20H16ClF3N2O3. The second kappa shape index (κ2) is 8.16. The summed E-state index contributed by atoms with van der Waals surface area (Å²) < 4.78 is 51.7. The van der Waals surface area contributed by atoms with E-state index in [4.69, 9.17) is 21.1 Å². The number of ether oxygens (including phenoxy) is 2. The van der Waals surface area contributed by atoms with Gasteiger partial charge >= 0.3 is 11.7 Å². The van der Waals surface area contributed by atoms with E-state index >= 15 is 0 Å². The fraction of sp³-hybridized carbons (Fsp3) is 0.200. The van der Waals surface area contributed by atoms with Gasteiger partial charge in [-0.25, -0.2) is 0 Å². The zero-order valence-corrected chi connectivity index (χ0v) is 16.2. The van der Waals surface area contributed by atoms with E-state index in [0.29, 0.717) is 5.75 Å². The maximum atomic E-state index is 13.3. The van der Waals surface area contributed by atoms with Crippen LogP contribution < -0.4 is 15.0 Å². The average molecular weight is 425 g/mol. The minimum atomic E-state index is -4.65. The van der Waals surface area contributed by atoms with E-state index in [9.17, 15) is 18.0 Å². The van der Waals surface area contributed by atoms with Crippen LogP contribution in [0.5, 0.6) is 11.5 Å². The summed E-state index contributed by atoms with van der Waals surface area (Å²) in [6, 6.07) is 10.6. The maximum Gasteiger partial charge on any atom is 0.417 e. The second-order valence-electron chi connectivity index (χ2n) is 6.04. The highest BCUT2D eigenvalue weighted by molar-refractivity contribution is 6.34. The monoisotopic (exact) mass is 424 g/mol. The Morgan fingerprint density at radius 2 is 1.72 bits per heavy atom. The summed E-state index contributed by atoms with van der Waals surface area (Å²) in [6.07, 6.45) is -3.26. The van der Waals surface area contributed by atoms with Crippen LogP contribution in [0.15, 0.2) is 53.5 Å². The van der Waals surface area contributed by atoms with Crippen molar-refractivity contribution >= 4 is 11.6 Å². The normalized spacial score (nSPS) is 11.4. The molecule has 152 valence electrons. The van der Waals surface area contributed by atoms with E-state index in [-0.39, 0.29) is 23.7 Å². The topological polar surface area (TPSA) is 53.4 Å². The van der Waals surface area contributed by atoms with E-state index in [2.05, 4.69) is 4.98 Å². The summed E-state index contributed by atoms with van der Waals surface area (Å²) in [5.41, 5.74) is -1.01. The lowest BCUT2D eigenvalue weighted by Crippen LogP contribution is -2.18. The van der Waals surface area contributed by atoms with Gasteiger partial charge < -0.3 is 14.0 Å². The molecule has 0 bridgehead atoms. The Bertz CT molecular complexity index is 1100. The maximum absolute atomic E-state index is 13.3. The first-order valence-electron chi connectivity index (χ1n) is 8.39.